The average Bonchev–Trinajstić information content (AvgIpc) is 3.63. The van der Waals surface area contributed by atoms with E-state index in [1.807, 2.05) is 43.9 Å². The second-order valence-electron chi connectivity index (χ2n) is 10.8. The lowest BCUT2D eigenvalue weighted by molar-refractivity contribution is -0.139. The van der Waals surface area contributed by atoms with Crippen molar-refractivity contribution < 1.29 is 9.18 Å². The second-order valence-corrected chi connectivity index (χ2v) is 10.8. The lowest BCUT2D eigenvalue weighted by Crippen LogP contribution is -2.38. The van der Waals surface area contributed by atoms with Crippen molar-refractivity contribution in [3.8, 4) is 5.82 Å². The molecule has 1 amide bonds. The van der Waals surface area contributed by atoms with E-state index in [0.717, 1.165) is 79.3 Å². The maximum atomic E-state index is 13.7. The van der Waals surface area contributed by atoms with Gasteiger partial charge in [-0.25, -0.2) is 24.0 Å². The summed E-state index contributed by atoms with van der Waals surface area (Å²) in [5.74, 6) is 2.87. The molecule has 11 heteroatoms. The van der Waals surface area contributed by atoms with Crippen molar-refractivity contribution in [3.63, 3.8) is 0 Å². The van der Waals surface area contributed by atoms with Gasteiger partial charge in [-0.05, 0) is 64.5 Å². The van der Waals surface area contributed by atoms with Crippen molar-refractivity contribution in [1.82, 2.24) is 39.8 Å². The summed E-state index contributed by atoms with van der Waals surface area (Å²) < 4.78 is 14.7. The Morgan fingerprint density at radius 2 is 1.92 bits per heavy atom. The Balaban J connectivity index is 1.11. The molecule has 1 spiro atoms. The number of H-pyrrole nitrogens is 1. The zero-order chi connectivity index (χ0) is 27.1. The number of hydrogen-bond donors (Lipinski definition) is 2. The molecule has 1 saturated carbocycles. The number of rotatable bonds is 6. The molecule has 10 nitrogen and oxygen atoms in total. The first-order chi connectivity index (χ1) is 18.8. The Bertz CT molecular complexity index is 1490. The Kier molecular flexibility index (Phi) is 6.36. The fraction of sp³-hybridized carbons (Fsp3) is 0.429. The van der Waals surface area contributed by atoms with Gasteiger partial charge in [0, 0.05) is 42.2 Å². The molecule has 39 heavy (non-hydrogen) atoms. The number of anilines is 2. The maximum Gasteiger partial charge on any atom is 0.229 e. The highest BCUT2D eigenvalue weighted by atomic mass is 19.1. The second kappa shape index (κ2) is 9.87. The maximum absolute atomic E-state index is 13.7. The quantitative estimate of drug-likeness (QED) is 0.364. The summed E-state index contributed by atoms with van der Waals surface area (Å²) in [6.45, 7) is 6.71. The molecule has 1 atom stereocenters. The molecule has 0 radical (unpaired) electrons. The SMILES string of the molecule is Cc1cc(Nc2cc(C)[nH]n2)nc(C2CCC3(CC2)CCN(C(C)c2ccc(-n4cc(F)cn4)nc2)C3=O)n1. The van der Waals surface area contributed by atoms with E-state index in [2.05, 4.69) is 25.6 Å². The molecular formula is C28H32FN9O. The van der Waals surface area contributed by atoms with Crippen molar-refractivity contribution in [3.05, 3.63) is 71.4 Å². The summed E-state index contributed by atoms with van der Waals surface area (Å²) in [4.78, 5) is 29.7. The fourth-order valence-electron chi connectivity index (χ4n) is 5.95. The lowest BCUT2D eigenvalue weighted by atomic mass is 9.69. The smallest absolute Gasteiger partial charge is 0.229 e. The van der Waals surface area contributed by atoms with E-state index >= 15 is 0 Å². The number of pyridine rings is 1. The molecule has 0 bridgehead atoms. The van der Waals surface area contributed by atoms with Crippen molar-refractivity contribution in [2.45, 2.75) is 64.8 Å². The third kappa shape index (κ3) is 4.88. The molecule has 4 aromatic heterocycles. The normalized spacial score (nSPS) is 22.0. The van der Waals surface area contributed by atoms with Crippen molar-refractivity contribution in [1.29, 1.82) is 0 Å². The highest BCUT2D eigenvalue weighted by Gasteiger charge is 2.49. The number of nitrogens with zero attached hydrogens (tertiary/aromatic N) is 7. The highest BCUT2D eigenvalue weighted by Crippen LogP contribution is 2.50. The lowest BCUT2D eigenvalue weighted by Gasteiger charge is -2.36. The Hall–Kier alpha value is -4.15. The Morgan fingerprint density at radius 1 is 1.10 bits per heavy atom. The van der Waals surface area contributed by atoms with Gasteiger partial charge in [0.1, 0.15) is 11.6 Å². The molecule has 5 heterocycles. The van der Waals surface area contributed by atoms with Crippen LogP contribution >= 0.6 is 0 Å². The van der Waals surface area contributed by atoms with Gasteiger partial charge in [-0.15, -0.1) is 0 Å². The van der Waals surface area contributed by atoms with Crippen molar-refractivity contribution in [2.24, 2.45) is 5.41 Å². The molecule has 2 aliphatic rings. The molecule has 1 aliphatic carbocycles. The zero-order valence-electron chi connectivity index (χ0n) is 22.4. The summed E-state index contributed by atoms with van der Waals surface area (Å²) in [5.41, 5.74) is 2.52. The van der Waals surface area contributed by atoms with Crippen LogP contribution in [-0.4, -0.2) is 52.3 Å². The minimum absolute atomic E-state index is 0.0927. The number of halogens is 1. The number of nitrogens with one attached hydrogen (secondary N) is 2. The van der Waals surface area contributed by atoms with Crippen LogP contribution < -0.4 is 5.32 Å². The molecular weight excluding hydrogens is 497 g/mol. The zero-order valence-corrected chi connectivity index (χ0v) is 22.4. The first-order valence-corrected chi connectivity index (χ1v) is 13.4. The molecule has 1 aliphatic heterocycles. The minimum Gasteiger partial charge on any atom is -0.335 e. The number of hydrogen-bond acceptors (Lipinski definition) is 7. The van der Waals surface area contributed by atoms with E-state index in [1.165, 1.54) is 10.9 Å². The van der Waals surface area contributed by atoms with Gasteiger partial charge in [0.2, 0.25) is 5.91 Å². The summed E-state index contributed by atoms with van der Waals surface area (Å²) in [7, 11) is 0. The van der Waals surface area contributed by atoms with E-state index < -0.39 is 5.82 Å². The number of aromatic amines is 1. The van der Waals surface area contributed by atoms with Gasteiger partial charge in [-0.3, -0.25) is 9.89 Å². The van der Waals surface area contributed by atoms with E-state index in [-0.39, 0.29) is 23.3 Å². The third-order valence-electron chi connectivity index (χ3n) is 8.19. The fourth-order valence-corrected chi connectivity index (χ4v) is 5.95. The van der Waals surface area contributed by atoms with E-state index in [0.29, 0.717) is 5.82 Å². The van der Waals surface area contributed by atoms with E-state index in [9.17, 15) is 9.18 Å². The van der Waals surface area contributed by atoms with Crippen LogP contribution in [0.5, 0.6) is 0 Å². The molecule has 6 rings (SSSR count). The van der Waals surface area contributed by atoms with Crippen molar-refractivity contribution >= 4 is 17.5 Å². The number of carbonyl (C=O) groups is 1. The summed E-state index contributed by atoms with van der Waals surface area (Å²) in [6.07, 6.45) is 8.48. The number of aryl methyl sites for hydroxylation is 2. The first-order valence-electron chi connectivity index (χ1n) is 13.4. The minimum atomic E-state index is -0.410. The Labute approximate surface area is 226 Å². The van der Waals surface area contributed by atoms with Gasteiger partial charge in [-0.2, -0.15) is 10.2 Å². The van der Waals surface area contributed by atoms with Gasteiger partial charge in [-0.1, -0.05) is 6.07 Å². The van der Waals surface area contributed by atoms with Crippen LogP contribution in [-0.2, 0) is 4.79 Å². The standard InChI is InChI=1S/C28H32FN9O/c1-17-12-23(33-24-13-18(2)35-36-24)34-26(32-17)20-6-8-28(9-7-20)10-11-37(27(28)39)19(3)21-4-5-25(30-14-21)38-16-22(29)15-31-38/h4-5,12-16,19-20H,6-11H2,1-3H3,(H2,32,33,34,35,36). The molecule has 2 fully saturated rings. The van der Waals surface area contributed by atoms with Gasteiger partial charge >= 0.3 is 0 Å². The largest absolute Gasteiger partial charge is 0.335 e. The van der Waals surface area contributed by atoms with Gasteiger partial charge < -0.3 is 10.2 Å². The number of amides is 1. The van der Waals surface area contributed by atoms with Crippen LogP contribution in [0, 0.1) is 25.1 Å². The van der Waals surface area contributed by atoms with E-state index in [1.54, 1.807) is 12.3 Å². The Morgan fingerprint density at radius 3 is 2.59 bits per heavy atom. The topological polar surface area (TPSA) is 118 Å². The number of carbonyl (C=O) groups excluding carboxylic acids is 1. The summed E-state index contributed by atoms with van der Waals surface area (Å²) in [6, 6.07) is 7.51. The predicted molar refractivity (Wildman–Crippen MR) is 143 cm³/mol. The van der Waals surface area contributed by atoms with Crippen LogP contribution in [0.4, 0.5) is 16.0 Å². The van der Waals surface area contributed by atoms with Crippen LogP contribution in [0.2, 0.25) is 0 Å². The third-order valence-corrected chi connectivity index (χ3v) is 8.19. The first kappa shape index (κ1) is 25.1. The van der Waals surface area contributed by atoms with Crippen LogP contribution in [0.1, 0.15) is 73.8 Å². The van der Waals surface area contributed by atoms with Gasteiger partial charge in [0.15, 0.2) is 17.5 Å². The molecule has 2 N–H and O–H groups in total. The molecule has 0 aromatic carbocycles. The van der Waals surface area contributed by atoms with Crippen LogP contribution in [0.25, 0.3) is 5.82 Å². The molecule has 1 unspecified atom stereocenters. The average molecular weight is 530 g/mol. The number of likely N-dealkylation sites (tertiary alicyclic amines) is 1. The number of aromatic nitrogens is 7. The van der Waals surface area contributed by atoms with Crippen molar-refractivity contribution in [2.75, 3.05) is 11.9 Å². The van der Waals surface area contributed by atoms with E-state index in [4.69, 9.17) is 9.97 Å². The summed E-state index contributed by atoms with van der Waals surface area (Å²) in [5, 5.41) is 14.4. The van der Waals surface area contributed by atoms with Gasteiger partial charge in [0.05, 0.1) is 23.9 Å². The molecule has 202 valence electrons. The van der Waals surface area contributed by atoms with Gasteiger partial charge in [0.25, 0.3) is 0 Å². The molecule has 1 saturated heterocycles. The monoisotopic (exact) mass is 529 g/mol. The summed E-state index contributed by atoms with van der Waals surface area (Å²) >= 11 is 0. The highest BCUT2D eigenvalue weighted by molar-refractivity contribution is 5.85. The van der Waals surface area contributed by atoms with Crippen LogP contribution in [0.15, 0.2) is 42.9 Å². The predicted octanol–water partition coefficient (Wildman–Crippen LogP) is 4.92. The molecule has 4 aromatic rings. The van der Waals surface area contributed by atoms with Crippen LogP contribution in [0.3, 0.4) is 0 Å².